The van der Waals surface area contributed by atoms with Crippen molar-refractivity contribution in [3.8, 4) is 0 Å². The molecule has 3 aliphatic rings. The predicted molar refractivity (Wildman–Crippen MR) is 91.4 cm³/mol. The van der Waals surface area contributed by atoms with Gasteiger partial charge in [-0.1, -0.05) is 51.7 Å². The normalized spacial score (nSPS) is 27.7. The standard InChI is InChI=1S/C18H30O4Si/c1-15(2)19-23(20-16(3)4)21-17(11-7-5-8-12-17)18(22-23)13-9-6-10-14-18/h1,3,5-14H2,2,4H3. The highest BCUT2D eigenvalue weighted by molar-refractivity contribution is 6.55. The van der Waals surface area contributed by atoms with Gasteiger partial charge in [-0.15, -0.1) is 0 Å². The smallest absolute Gasteiger partial charge is 0.476 e. The van der Waals surface area contributed by atoms with Crippen molar-refractivity contribution in [1.82, 2.24) is 0 Å². The third-order valence-corrected chi connectivity index (χ3v) is 7.87. The van der Waals surface area contributed by atoms with E-state index in [1.54, 1.807) is 0 Å². The lowest BCUT2D eigenvalue weighted by Crippen LogP contribution is -2.53. The van der Waals surface area contributed by atoms with E-state index in [1.807, 2.05) is 13.8 Å². The fourth-order valence-electron chi connectivity index (χ4n) is 4.58. The molecule has 3 rings (SSSR count). The van der Waals surface area contributed by atoms with Crippen molar-refractivity contribution in [2.24, 2.45) is 0 Å². The Bertz CT molecular complexity index is 431. The highest BCUT2D eigenvalue weighted by Gasteiger charge is 2.74. The van der Waals surface area contributed by atoms with Gasteiger partial charge in [0.15, 0.2) is 0 Å². The number of fused-ring (bicyclic) bond motifs is 1. The summed E-state index contributed by atoms with van der Waals surface area (Å²) in [4.78, 5) is 0. The molecule has 0 N–H and O–H groups in total. The Morgan fingerprint density at radius 2 is 1.09 bits per heavy atom. The first-order valence-electron chi connectivity index (χ1n) is 9.00. The van der Waals surface area contributed by atoms with Crippen LogP contribution >= 0.6 is 0 Å². The number of allylic oxidation sites excluding steroid dienone is 2. The molecule has 2 spiro atoms. The Morgan fingerprint density at radius 3 is 1.39 bits per heavy atom. The summed E-state index contributed by atoms with van der Waals surface area (Å²) in [7, 11) is -3.28. The van der Waals surface area contributed by atoms with E-state index in [0.29, 0.717) is 11.5 Å². The van der Waals surface area contributed by atoms with Crippen molar-refractivity contribution >= 4 is 9.05 Å². The van der Waals surface area contributed by atoms with E-state index in [0.717, 1.165) is 25.7 Å². The van der Waals surface area contributed by atoms with Crippen molar-refractivity contribution in [3.63, 3.8) is 0 Å². The molecule has 5 heteroatoms. The fraction of sp³-hybridized carbons (Fsp3) is 0.778. The molecule has 4 nitrogen and oxygen atoms in total. The minimum Gasteiger partial charge on any atom is -0.476 e. The van der Waals surface area contributed by atoms with E-state index in [1.165, 1.54) is 38.5 Å². The van der Waals surface area contributed by atoms with Crippen LogP contribution in [0.1, 0.15) is 78.1 Å². The van der Waals surface area contributed by atoms with Gasteiger partial charge in [-0.05, 0) is 39.5 Å². The summed E-state index contributed by atoms with van der Waals surface area (Å²) >= 11 is 0. The second-order valence-electron chi connectivity index (χ2n) is 7.42. The number of hydrogen-bond donors (Lipinski definition) is 0. The SMILES string of the molecule is C=C(C)O[Si]1(OC(=C)C)OC2(CCCCC2)C2(CCCCC2)O1. The monoisotopic (exact) mass is 338 g/mol. The van der Waals surface area contributed by atoms with Crippen molar-refractivity contribution < 1.29 is 17.7 Å². The van der Waals surface area contributed by atoms with Crippen LogP contribution in [0, 0.1) is 0 Å². The molecule has 0 amide bonds. The van der Waals surface area contributed by atoms with Gasteiger partial charge in [0.1, 0.15) is 0 Å². The first kappa shape index (κ1) is 17.1. The van der Waals surface area contributed by atoms with Gasteiger partial charge >= 0.3 is 9.05 Å². The Kier molecular flexibility index (Phi) is 4.64. The lowest BCUT2D eigenvalue weighted by atomic mass is 9.66. The maximum atomic E-state index is 6.64. The molecule has 23 heavy (non-hydrogen) atoms. The molecule has 2 saturated carbocycles. The van der Waals surface area contributed by atoms with Crippen LogP contribution in [0.25, 0.3) is 0 Å². The molecule has 0 bridgehead atoms. The molecular weight excluding hydrogens is 308 g/mol. The second-order valence-corrected chi connectivity index (χ2v) is 9.24. The summed E-state index contributed by atoms with van der Waals surface area (Å²) in [5.41, 5.74) is -0.494. The molecule has 1 aliphatic heterocycles. The van der Waals surface area contributed by atoms with E-state index in [9.17, 15) is 0 Å². The topological polar surface area (TPSA) is 36.9 Å². The van der Waals surface area contributed by atoms with Gasteiger partial charge in [0.25, 0.3) is 0 Å². The highest BCUT2D eigenvalue weighted by atomic mass is 28.4. The number of rotatable bonds is 4. The Balaban J connectivity index is 1.96. The van der Waals surface area contributed by atoms with Crippen LogP contribution in [0.3, 0.4) is 0 Å². The van der Waals surface area contributed by atoms with Gasteiger partial charge in [0.05, 0.1) is 22.7 Å². The van der Waals surface area contributed by atoms with Crippen molar-refractivity contribution in [3.05, 3.63) is 24.7 Å². The summed E-state index contributed by atoms with van der Waals surface area (Å²) in [6.45, 7) is 11.4. The van der Waals surface area contributed by atoms with E-state index in [-0.39, 0.29) is 11.2 Å². The van der Waals surface area contributed by atoms with Crippen LogP contribution in [0.5, 0.6) is 0 Å². The van der Waals surface area contributed by atoms with Gasteiger partial charge in [-0.25, -0.2) is 0 Å². The van der Waals surface area contributed by atoms with Gasteiger partial charge in [-0.2, -0.15) is 0 Å². The summed E-state index contributed by atoms with van der Waals surface area (Å²) in [6.07, 6.45) is 11.5. The zero-order valence-electron chi connectivity index (χ0n) is 14.6. The molecule has 0 aromatic carbocycles. The highest BCUT2D eigenvalue weighted by Crippen LogP contribution is 2.56. The molecule has 2 aliphatic carbocycles. The quantitative estimate of drug-likeness (QED) is 0.535. The Labute approximate surface area is 141 Å². The van der Waals surface area contributed by atoms with E-state index in [4.69, 9.17) is 17.7 Å². The zero-order chi connectivity index (χ0) is 16.6. The average Bonchev–Trinajstić information content (AvgIpc) is 2.68. The van der Waals surface area contributed by atoms with Crippen LogP contribution in [0.2, 0.25) is 0 Å². The number of hydrogen-bond acceptors (Lipinski definition) is 4. The van der Waals surface area contributed by atoms with E-state index < -0.39 is 9.05 Å². The molecule has 1 saturated heterocycles. The van der Waals surface area contributed by atoms with Crippen LogP contribution in [0.4, 0.5) is 0 Å². The third kappa shape index (κ3) is 3.11. The second kappa shape index (κ2) is 6.26. The molecule has 0 atom stereocenters. The summed E-state index contributed by atoms with van der Waals surface area (Å²) in [5.74, 6) is 1.16. The summed E-state index contributed by atoms with van der Waals surface area (Å²) < 4.78 is 25.2. The van der Waals surface area contributed by atoms with Gasteiger partial charge in [0, 0.05) is 0 Å². The van der Waals surface area contributed by atoms with Crippen LogP contribution in [0.15, 0.2) is 24.7 Å². The first-order valence-corrected chi connectivity index (χ1v) is 10.6. The third-order valence-electron chi connectivity index (χ3n) is 5.39. The van der Waals surface area contributed by atoms with E-state index in [2.05, 4.69) is 13.2 Å². The van der Waals surface area contributed by atoms with Crippen LogP contribution in [-0.4, -0.2) is 20.3 Å². The van der Waals surface area contributed by atoms with E-state index >= 15 is 0 Å². The summed E-state index contributed by atoms with van der Waals surface area (Å²) in [5, 5.41) is 0. The molecule has 0 aromatic heterocycles. The maximum Gasteiger partial charge on any atom is 0.821 e. The van der Waals surface area contributed by atoms with Gasteiger partial charge in [0.2, 0.25) is 0 Å². The van der Waals surface area contributed by atoms with Crippen LogP contribution < -0.4 is 0 Å². The Hall–Kier alpha value is -0.783. The minimum absolute atomic E-state index is 0.247. The van der Waals surface area contributed by atoms with Gasteiger partial charge < -0.3 is 17.7 Å². The Morgan fingerprint density at radius 1 is 0.739 bits per heavy atom. The predicted octanol–water partition coefficient (Wildman–Crippen LogP) is 4.98. The first-order chi connectivity index (χ1) is 10.9. The lowest BCUT2D eigenvalue weighted by molar-refractivity contribution is -0.0923. The minimum atomic E-state index is -3.28. The lowest BCUT2D eigenvalue weighted by Gasteiger charge is -2.47. The van der Waals surface area contributed by atoms with Crippen molar-refractivity contribution in [1.29, 1.82) is 0 Å². The molecule has 1 heterocycles. The van der Waals surface area contributed by atoms with Gasteiger partial charge in [-0.3, -0.25) is 0 Å². The average molecular weight is 339 g/mol. The largest absolute Gasteiger partial charge is 0.821 e. The molecule has 0 radical (unpaired) electrons. The maximum absolute atomic E-state index is 6.64. The van der Waals surface area contributed by atoms with Crippen molar-refractivity contribution in [2.75, 3.05) is 0 Å². The van der Waals surface area contributed by atoms with Crippen LogP contribution in [-0.2, 0) is 17.7 Å². The zero-order valence-corrected chi connectivity index (χ0v) is 15.6. The molecule has 0 aromatic rings. The molecule has 3 fully saturated rings. The summed E-state index contributed by atoms with van der Waals surface area (Å²) in [6, 6.07) is 0. The van der Waals surface area contributed by atoms with Crippen molar-refractivity contribution in [2.45, 2.75) is 89.3 Å². The fourth-order valence-corrected chi connectivity index (χ4v) is 7.42. The molecular formula is C18H30O4Si. The molecule has 130 valence electrons. The molecule has 0 unspecified atom stereocenters.